The van der Waals surface area contributed by atoms with E-state index in [-0.39, 0.29) is 11.4 Å². The van der Waals surface area contributed by atoms with Crippen molar-refractivity contribution in [3.8, 4) is 0 Å². The van der Waals surface area contributed by atoms with Gasteiger partial charge >= 0.3 is 0 Å². The van der Waals surface area contributed by atoms with E-state index >= 15 is 0 Å². The van der Waals surface area contributed by atoms with Gasteiger partial charge in [-0.15, -0.1) is 0 Å². The normalized spacial score (nSPS) is 26.2. The minimum Gasteiger partial charge on any atom is -0.308 e. The second-order valence-electron chi connectivity index (χ2n) is 2.82. The van der Waals surface area contributed by atoms with E-state index in [1.54, 1.807) is 0 Å². The van der Waals surface area contributed by atoms with Crippen molar-refractivity contribution >= 4 is 17.8 Å². The summed E-state index contributed by atoms with van der Waals surface area (Å²) in [6.07, 6.45) is 0.556. The standard InChI is InChI=1S/C6H10O2S/c1-6(2)3-5(7)4-9-8-6/h3-4H2,1-2H3. The Morgan fingerprint density at radius 1 is 1.67 bits per heavy atom. The van der Waals surface area contributed by atoms with Gasteiger partial charge in [-0.3, -0.25) is 4.79 Å². The Balaban J connectivity index is 2.51. The molecule has 9 heavy (non-hydrogen) atoms. The fourth-order valence-electron chi connectivity index (χ4n) is 0.810. The highest BCUT2D eigenvalue weighted by Gasteiger charge is 2.27. The molecule has 1 aliphatic rings. The molecule has 0 aromatic carbocycles. The maximum absolute atomic E-state index is 10.8. The molecule has 1 rings (SSSR count). The molecule has 3 heteroatoms. The van der Waals surface area contributed by atoms with Gasteiger partial charge in [0.25, 0.3) is 0 Å². The molecule has 0 aromatic heterocycles. The molecule has 52 valence electrons. The van der Waals surface area contributed by atoms with E-state index in [1.807, 2.05) is 13.8 Å². The lowest BCUT2D eigenvalue weighted by Crippen LogP contribution is -2.30. The van der Waals surface area contributed by atoms with E-state index in [0.29, 0.717) is 12.2 Å². The van der Waals surface area contributed by atoms with Crippen molar-refractivity contribution in [2.75, 3.05) is 5.75 Å². The molecule has 0 spiro atoms. The fraction of sp³-hybridized carbons (Fsp3) is 0.833. The first-order valence-corrected chi connectivity index (χ1v) is 3.83. The van der Waals surface area contributed by atoms with Crippen LogP contribution in [0, 0.1) is 0 Å². The van der Waals surface area contributed by atoms with Crippen LogP contribution >= 0.6 is 12.0 Å². The van der Waals surface area contributed by atoms with E-state index in [0.717, 1.165) is 0 Å². The SMILES string of the molecule is CC1(C)CC(=O)CSO1. The maximum Gasteiger partial charge on any atom is 0.147 e. The first-order valence-electron chi connectivity index (χ1n) is 2.92. The van der Waals surface area contributed by atoms with Crippen LogP contribution in [-0.2, 0) is 8.98 Å². The first kappa shape index (κ1) is 7.09. The molecule has 1 heterocycles. The van der Waals surface area contributed by atoms with Crippen LogP contribution in [0.4, 0.5) is 0 Å². The maximum atomic E-state index is 10.8. The van der Waals surface area contributed by atoms with Crippen LogP contribution < -0.4 is 0 Å². The van der Waals surface area contributed by atoms with Gasteiger partial charge in [0, 0.05) is 6.42 Å². The average Bonchev–Trinajstić information content (AvgIpc) is 1.60. The second kappa shape index (κ2) is 2.31. The Bertz CT molecular complexity index is 131. The van der Waals surface area contributed by atoms with Gasteiger partial charge in [-0.05, 0) is 25.9 Å². The summed E-state index contributed by atoms with van der Waals surface area (Å²) >= 11 is 1.26. The molecule has 0 N–H and O–H groups in total. The van der Waals surface area contributed by atoms with Gasteiger partial charge < -0.3 is 4.18 Å². The Morgan fingerprint density at radius 2 is 2.33 bits per heavy atom. The molecule has 0 atom stereocenters. The molecule has 0 bridgehead atoms. The lowest BCUT2D eigenvalue weighted by atomic mass is 10.0. The van der Waals surface area contributed by atoms with Gasteiger partial charge in [0.1, 0.15) is 5.78 Å². The van der Waals surface area contributed by atoms with E-state index in [9.17, 15) is 4.79 Å². The van der Waals surface area contributed by atoms with Crippen LogP contribution in [-0.4, -0.2) is 17.1 Å². The molecular formula is C6H10O2S. The molecule has 0 amide bonds. The van der Waals surface area contributed by atoms with Crippen molar-refractivity contribution in [2.24, 2.45) is 0 Å². The van der Waals surface area contributed by atoms with Crippen molar-refractivity contribution in [3.63, 3.8) is 0 Å². The van der Waals surface area contributed by atoms with Crippen molar-refractivity contribution in [2.45, 2.75) is 25.9 Å². The molecule has 0 radical (unpaired) electrons. The molecule has 2 nitrogen and oxygen atoms in total. The molecule has 1 aliphatic heterocycles. The third-order valence-electron chi connectivity index (χ3n) is 1.13. The number of rotatable bonds is 0. The van der Waals surface area contributed by atoms with Crippen LogP contribution in [0.2, 0.25) is 0 Å². The lowest BCUT2D eigenvalue weighted by molar-refractivity contribution is -0.120. The van der Waals surface area contributed by atoms with Crippen LogP contribution in [0.25, 0.3) is 0 Å². The summed E-state index contributed by atoms with van der Waals surface area (Å²) in [6, 6.07) is 0. The molecule has 0 saturated carbocycles. The number of carbonyl (C=O) groups excluding carboxylic acids is 1. The topological polar surface area (TPSA) is 26.3 Å². The predicted molar refractivity (Wildman–Crippen MR) is 37.2 cm³/mol. The molecule has 0 aliphatic carbocycles. The molecule has 1 fully saturated rings. The van der Waals surface area contributed by atoms with E-state index in [4.69, 9.17) is 4.18 Å². The monoisotopic (exact) mass is 146 g/mol. The smallest absolute Gasteiger partial charge is 0.147 e. The van der Waals surface area contributed by atoms with Gasteiger partial charge in [-0.25, -0.2) is 0 Å². The van der Waals surface area contributed by atoms with E-state index in [2.05, 4.69) is 0 Å². The van der Waals surface area contributed by atoms with Crippen molar-refractivity contribution in [3.05, 3.63) is 0 Å². The highest BCUT2D eigenvalue weighted by molar-refractivity contribution is 7.95. The number of Topliss-reactive ketones (excluding diaryl/α,β-unsaturated/α-hetero) is 1. The minimum atomic E-state index is -0.236. The second-order valence-corrected chi connectivity index (χ2v) is 3.51. The summed E-state index contributed by atoms with van der Waals surface area (Å²) in [5.41, 5.74) is -0.236. The van der Waals surface area contributed by atoms with E-state index < -0.39 is 0 Å². The fourth-order valence-corrected chi connectivity index (χ4v) is 1.48. The van der Waals surface area contributed by atoms with Crippen LogP contribution in [0.1, 0.15) is 20.3 Å². The summed E-state index contributed by atoms with van der Waals surface area (Å²) in [6.45, 7) is 3.86. The Kier molecular flexibility index (Phi) is 1.82. The largest absolute Gasteiger partial charge is 0.308 e. The van der Waals surface area contributed by atoms with Gasteiger partial charge in [0.05, 0.1) is 11.4 Å². The zero-order valence-corrected chi connectivity index (χ0v) is 6.46. The van der Waals surface area contributed by atoms with E-state index in [1.165, 1.54) is 12.0 Å². The summed E-state index contributed by atoms with van der Waals surface area (Å²) in [5, 5.41) is 0. The highest BCUT2D eigenvalue weighted by atomic mass is 32.2. The number of ketones is 1. The molecule has 1 saturated heterocycles. The Morgan fingerprint density at radius 3 is 2.67 bits per heavy atom. The summed E-state index contributed by atoms with van der Waals surface area (Å²) < 4.78 is 5.23. The molecular weight excluding hydrogens is 136 g/mol. The zero-order valence-electron chi connectivity index (χ0n) is 5.64. The molecule has 0 aromatic rings. The van der Waals surface area contributed by atoms with Crippen molar-refractivity contribution in [1.82, 2.24) is 0 Å². The Hall–Kier alpha value is -0.0200. The van der Waals surface area contributed by atoms with Gasteiger partial charge in [-0.2, -0.15) is 0 Å². The van der Waals surface area contributed by atoms with Crippen LogP contribution in [0.5, 0.6) is 0 Å². The van der Waals surface area contributed by atoms with Crippen molar-refractivity contribution < 1.29 is 8.98 Å². The van der Waals surface area contributed by atoms with Gasteiger partial charge in [-0.1, -0.05) is 0 Å². The quantitative estimate of drug-likeness (QED) is 0.483. The third-order valence-corrected chi connectivity index (χ3v) is 2.14. The summed E-state index contributed by atoms with van der Waals surface area (Å²) in [4.78, 5) is 10.8. The molecule has 0 unspecified atom stereocenters. The van der Waals surface area contributed by atoms with Crippen LogP contribution in [0.15, 0.2) is 0 Å². The highest BCUT2D eigenvalue weighted by Crippen LogP contribution is 2.27. The summed E-state index contributed by atoms with van der Waals surface area (Å²) in [7, 11) is 0. The van der Waals surface area contributed by atoms with Gasteiger partial charge in [0.15, 0.2) is 0 Å². The van der Waals surface area contributed by atoms with Crippen molar-refractivity contribution in [1.29, 1.82) is 0 Å². The number of carbonyl (C=O) groups is 1. The number of hydrogen-bond acceptors (Lipinski definition) is 3. The van der Waals surface area contributed by atoms with Crippen LogP contribution in [0.3, 0.4) is 0 Å². The lowest BCUT2D eigenvalue weighted by Gasteiger charge is -2.26. The first-order chi connectivity index (χ1) is 4.10. The Labute approximate surface area is 59.2 Å². The van der Waals surface area contributed by atoms with Gasteiger partial charge in [0.2, 0.25) is 0 Å². The third kappa shape index (κ3) is 1.99. The predicted octanol–water partition coefficient (Wildman–Crippen LogP) is 1.40. The number of hydrogen-bond donors (Lipinski definition) is 0. The zero-order chi connectivity index (χ0) is 6.91. The average molecular weight is 146 g/mol. The summed E-state index contributed by atoms with van der Waals surface area (Å²) in [5.74, 6) is 0.805. The minimum absolute atomic E-state index is 0.236.